The van der Waals surface area contributed by atoms with Crippen LogP contribution in [0.4, 0.5) is 10.2 Å². The Balaban J connectivity index is 2.29. The number of nitrogens with one attached hydrogen (secondary N) is 1. The number of carboxylic acid groups (broad SMARTS) is 1. The van der Waals surface area contributed by atoms with E-state index in [-0.39, 0.29) is 29.9 Å². The highest BCUT2D eigenvalue weighted by Crippen LogP contribution is 2.40. The van der Waals surface area contributed by atoms with E-state index in [0.29, 0.717) is 11.3 Å². The zero-order valence-corrected chi connectivity index (χ0v) is 16.0. The lowest BCUT2D eigenvalue weighted by atomic mass is 9.89. The monoisotopic (exact) mass is 382 g/mol. The van der Waals surface area contributed by atoms with E-state index in [1.165, 1.54) is 12.1 Å². The van der Waals surface area contributed by atoms with Gasteiger partial charge in [0.2, 0.25) is 0 Å². The lowest BCUT2D eigenvalue weighted by Crippen LogP contribution is -2.21. The zero-order chi connectivity index (χ0) is 20.4. The van der Waals surface area contributed by atoms with Crippen LogP contribution in [0.3, 0.4) is 0 Å². The maximum atomic E-state index is 13.5. The van der Waals surface area contributed by atoms with Gasteiger partial charge in [-0.1, -0.05) is 26.0 Å². The SMILES string of the molecule is CC(C)c1c(N[C@H](C)CC(=O)O)nc2cc(O)ccc2c1-c1ccc(F)cc1. The summed E-state index contributed by atoms with van der Waals surface area (Å²) in [5.74, 6) is -0.485. The molecule has 0 fully saturated rings. The number of rotatable bonds is 6. The van der Waals surface area contributed by atoms with Gasteiger partial charge in [-0.3, -0.25) is 4.79 Å². The minimum Gasteiger partial charge on any atom is -0.508 e. The van der Waals surface area contributed by atoms with Gasteiger partial charge < -0.3 is 15.5 Å². The second-order valence-corrected chi connectivity index (χ2v) is 7.26. The Labute approximate surface area is 162 Å². The van der Waals surface area contributed by atoms with E-state index >= 15 is 0 Å². The van der Waals surface area contributed by atoms with Crippen LogP contribution in [-0.2, 0) is 4.79 Å². The zero-order valence-electron chi connectivity index (χ0n) is 16.0. The molecule has 0 aliphatic rings. The second-order valence-electron chi connectivity index (χ2n) is 7.26. The van der Waals surface area contributed by atoms with Crippen LogP contribution in [0.25, 0.3) is 22.0 Å². The average molecular weight is 382 g/mol. The van der Waals surface area contributed by atoms with Gasteiger partial charge in [0.05, 0.1) is 11.9 Å². The van der Waals surface area contributed by atoms with Crippen molar-refractivity contribution < 1.29 is 19.4 Å². The Hall–Kier alpha value is -3.15. The smallest absolute Gasteiger partial charge is 0.305 e. The summed E-state index contributed by atoms with van der Waals surface area (Å²) >= 11 is 0. The first-order valence-corrected chi connectivity index (χ1v) is 9.17. The van der Waals surface area contributed by atoms with Crippen LogP contribution in [-0.4, -0.2) is 27.2 Å². The van der Waals surface area contributed by atoms with E-state index in [2.05, 4.69) is 10.3 Å². The molecule has 0 bridgehead atoms. The van der Waals surface area contributed by atoms with Gasteiger partial charge in [-0.2, -0.15) is 0 Å². The fourth-order valence-electron chi connectivity index (χ4n) is 3.41. The van der Waals surface area contributed by atoms with Crippen LogP contribution in [0.2, 0.25) is 0 Å². The van der Waals surface area contributed by atoms with Gasteiger partial charge in [-0.15, -0.1) is 0 Å². The van der Waals surface area contributed by atoms with Crippen molar-refractivity contribution in [3.8, 4) is 16.9 Å². The molecule has 1 atom stereocenters. The molecule has 0 spiro atoms. The number of carbonyl (C=O) groups is 1. The number of anilines is 1. The lowest BCUT2D eigenvalue weighted by molar-refractivity contribution is -0.137. The molecule has 1 heterocycles. The molecule has 0 saturated carbocycles. The highest BCUT2D eigenvalue weighted by atomic mass is 19.1. The van der Waals surface area contributed by atoms with Crippen LogP contribution in [0.5, 0.6) is 5.75 Å². The highest BCUT2D eigenvalue weighted by molar-refractivity contribution is 5.99. The van der Waals surface area contributed by atoms with Gasteiger partial charge in [0, 0.05) is 23.1 Å². The molecule has 0 radical (unpaired) electrons. The fourth-order valence-corrected chi connectivity index (χ4v) is 3.41. The van der Waals surface area contributed by atoms with Gasteiger partial charge >= 0.3 is 5.97 Å². The van der Waals surface area contributed by atoms with Crippen LogP contribution in [0.15, 0.2) is 42.5 Å². The Morgan fingerprint density at radius 3 is 2.43 bits per heavy atom. The molecule has 0 saturated heterocycles. The third-order valence-corrected chi connectivity index (χ3v) is 4.58. The highest BCUT2D eigenvalue weighted by Gasteiger charge is 2.21. The second kappa shape index (κ2) is 7.84. The van der Waals surface area contributed by atoms with E-state index in [1.807, 2.05) is 13.8 Å². The normalized spacial score (nSPS) is 12.3. The van der Waals surface area contributed by atoms with E-state index < -0.39 is 5.97 Å². The Kier molecular flexibility index (Phi) is 5.49. The number of aromatic hydroxyl groups is 1. The van der Waals surface area contributed by atoms with Crippen LogP contribution < -0.4 is 5.32 Å². The van der Waals surface area contributed by atoms with E-state index in [9.17, 15) is 14.3 Å². The molecule has 5 nitrogen and oxygen atoms in total. The van der Waals surface area contributed by atoms with Crippen molar-refractivity contribution in [1.82, 2.24) is 4.98 Å². The number of aliphatic carboxylic acids is 1. The van der Waals surface area contributed by atoms with Gasteiger partial charge in [-0.25, -0.2) is 9.37 Å². The first-order chi connectivity index (χ1) is 13.3. The topological polar surface area (TPSA) is 82.5 Å². The molecule has 1 aromatic heterocycles. The average Bonchev–Trinajstić information content (AvgIpc) is 2.60. The summed E-state index contributed by atoms with van der Waals surface area (Å²) < 4.78 is 13.5. The summed E-state index contributed by atoms with van der Waals surface area (Å²) in [6.07, 6.45) is -0.0524. The summed E-state index contributed by atoms with van der Waals surface area (Å²) in [4.78, 5) is 15.7. The van der Waals surface area contributed by atoms with Crippen molar-refractivity contribution in [3.05, 3.63) is 53.8 Å². The number of halogens is 1. The summed E-state index contributed by atoms with van der Waals surface area (Å²) in [6, 6.07) is 10.9. The Bertz CT molecular complexity index is 1020. The Morgan fingerprint density at radius 2 is 1.82 bits per heavy atom. The van der Waals surface area contributed by atoms with E-state index in [4.69, 9.17) is 5.11 Å². The number of benzene rings is 2. The summed E-state index contributed by atoms with van der Waals surface area (Å²) in [6.45, 7) is 5.84. The Morgan fingerprint density at radius 1 is 1.14 bits per heavy atom. The van der Waals surface area contributed by atoms with Crippen molar-refractivity contribution in [2.24, 2.45) is 0 Å². The number of fused-ring (bicyclic) bond motifs is 1. The summed E-state index contributed by atoms with van der Waals surface area (Å²) in [5, 5.41) is 23.0. The predicted molar refractivity (Wildman–Crippen MR) is 108 cm³/mol. The maximum Gasteiger partial charge on any atom is 0.305 e. The maximum absolute atomic E-state index is 13.5. The third-order valence-electron chi connectivity index (χ3n) is 4.58. The number of phenolic OH excluding ortho intramolecular Hbond substituents is 1. The minimum atomic E-state index is -0.900. The minimum absolute atomic E-state index is 0.0524. The third kappa shape index (κ3) is 4.06. The van der Waals surface area contributed by atoms with Crippen molar-refractivity contribution >= 4 is 22.7 Å². The number of hydrogen-bond donors (Lipinski definition) is 3. The standard InChI is InChI=1S/C22H23FN2O3/c1-12(2)20-21(14-4-6-15(23)7-5-14)17-9-8-16(26)11-18(17)25-22(20)24-13(3)10-19(27)28/h4-9,11-13,26H,10H2,1-3H3,(H,24,25)(H,27,28)/t13-/m1/s1. The lowest BCUT2D eigenvalue weighted by Gasteiger charge is -2.23. The van der Waals surface area contributed by atoms with Gasteiger partial charge in [0.25, 0.3) is 0 Å². The number of phenols is 1. The van der Waals surface area contributed by atoms with Crippen molar-refractivity contribution in [3.63, 3.8) is 0 Å². The van der Waals surface area contributed by atoms with Crippen LogP contribution in [0, 0.1) is 5.82 Å². The molecule has 28 heavy (non-hydrogen) atoms. The predicted octanol–water partition coefficient (Wildman–Crippen LogP) is 5.15. The largest absolute Gasteiger partial charge is 0.508 e. The molecule has 0 aliphatic carbocycles. The molecule has 3 N–H and O–H groups in total. The molecule has 146 valence electrons. The van der Waals surface area contributed by atoms with Crippen molar-refractivity contribution in [2.45, 2.75) is 39.2 Å². The first kappa shape index (κ1) is 19.6. The van der Waals surface area contributed by atoms with E-state index in [0.717, 1.165) is 22.1 Å². The van der Waals surface area contributed by atoms with Gasteiger partial charge in [0.1, 0.15) is 17.4 Å². The number of nitrogens with zero attached hydrogens (tertiary/aromatic N) is 1. The molecule has 6 heteroatoms. The summed E-state index contributed by atoms with van der Waals surface area (Å²) in [5.41, 5.74) is 3.22. The van der Waals surface area contributed by atoms with Crippen molar-refractivity contribution in [1.29, 1.82) is 0 Å². The number of carboxylic acids is 1. The first-order valence-electron chi connectivity index (χ1n) is 9.17. The van der Waals surface area contributed by atoms with E-state index in [1.54, 1.807) is 37.3 Å². The van der Waals surface area contributed by atoms with Gasteiger partial charge in [0.15, 0.2) is 0 Å². The van der Waals surface area contributed by atoms with Crippen LogP contribution >= 0.6 is 0 Å². The van der Waals surface area contributed by atoms with Gasteiger partial charge in [-0.05, 0) is 48.2 Å². The molecule has 2 aromatic carbocycles. The molecule has 3 rings (SSSR count). The molecule has 0 unspecified atom stereocenters. The molecular formula is C22H23FN2O3. The number of aromatic nitrogens is 1. The fraction of sp³-hybridized carbons (Fsp3) is 0.273. The molecule has 0 amide bonds. The van der Waals surface area contributed by atoms with Crippen LogP contribution in [0.1, 0.15) is 38.7 Å². The number of hydrogen-bond acceptors (Lipinski definition) is 4. The molecule has 3 aromatic rings. The molecule has 0 aliphatic heterocycles. The summed E-state index contributed by atoms with van der Waals surface area (Å²) in [7, 11) is 0. The number of pyridine rings is 1. The quantitative estimate of drug-likeness (QED) is 0.549. The van der Waals surface area contributed by atoms with Crippen molar-refractivity contribution in [2.75, 3.05) is 5.32 Å². The molecular weight excluding hydrogens is 359 g/mol.